The first-order valence-corrected chi connectivity index (χ1v) is 8.49. The van der Waals surface area contributed by atoms with E-state index in [-0.39, 0.29) is 28.5 Å². The van der Waals surface area contributed by atoms with Crippen LogP contribution in [0.2, 0.25) is 0 Å². The van der Waals surface area contributed by atoms with Gasteiger partial charge < -0.3 is 10.6 Å². The second-order valence-electron chi connectivity index (χ2n) is 7.22. The van der Waals surface area contributed by atoms with Gasteiger partial charge in [0.15, 0.2) is 0 Å². The number of nitrogens with two attached hydrogens (primary N) is 1. The van der Waals surface area contributed by atoms with Crippen LogP contribution in [0.25, 0.3) is 0 Å². The van der Waals surface area contributed by atoms with Crippen molar-refractivity contribution in [3.05, 3.63) is 65.5 Å². The maximum absolute atomic E-state index is 13.0. The van der Waals surface area contributed by atoms with Gasteiger partial charge in [-0.1, -0.05) is 44.2 Å². The van der Waals surface area contributed by atoms with E-state index in [1.54, 1.807) is 12.1 Å². The number of pyridine rings is 1. The Morgan fingerprint density at radius 2 is 1.88 bits per heavy atom. The number of carbonyl (C=O) groups excluding carboxylic acids is 2. The largest absolute Gasteiger partial charge is 0.364 e. The van der Waals surface area contributed by atoms with Crippen LogP contribution >= 0.6 is 0 Å². The number of amides is 2. The molecule has 1 aliphatic rings. The van der Waals surface area contributed by atoms with E-state index in [1.165, 1.54) is 11.8 Å². The van der Waals surface area contributed by atoms with Gasteiger partial charge in [-0.25, -0.2) is 0 Å². The topological polar surface area (TPSA) is 76.3 Å². The molecule has 2 amide bonds. The number of aromatic nitrogens is 1. The van der Waals surface area contributed by atoms with Crippen molar-refractivity contribution < 1.29 is 9.59 Å². The van der Waals surface area contributed by atoms with Crippen LogP contribution in [0.5, 0.6) is 0 Å². The van der Waals surface area contributed by atoms with Crippen LogP contribution in [0.15, 0.2) is 48.7 Å². The molecule has 1 fully saturated rings. The third-order valence-corrected chi connectivity index (χ3v) is 5.13. The van der Waals surface area contributed by atoms with Crippen molar-refractivity contribution in [2.24, 2.45) is 11.1 Å². The molecule has 1 saturated heterocycles. The van der Waals surface area contributed by atoms with E-state index in [1.807, 2.05) is 23.1 Å². The van der Waals surface area contributed by atoms with Gasteiger partial charge in [0, 0.05) is 25.2 Å². The van der Waals surface area contributed by atoms with Crippen LogP contribution in [-0.2, 0) is 0 Å². The molecule has 0 bridgehead atoms. The summed E-state index contributed by atoms with van der Waals surface area (Å²) in [6, 6.07) is 13.5. The van der Waals surface area contributed by atoms with Crippen molar-refractivity contribution in [1.82, 2.24) is 9.88 Å². The first kappa shape index (κ1) is 17.1. The predicted molar refractivity (Wildman–Crippen MR) is 96.2 cm³/mol. The minimum absolute atomic E-state index is 0.0357. The van der Waals surface area contributed by atoms with Crippen molar-refractivity contribution in [3.8, 4) is 0 Å². The molecule has 5 heteroatoms. The van der Waals surface area contributed by atoms with E-state index in [0.717, 1.165) is 6.42 Å². The van der Waals surface area contributed by atoms with Gasteiger partial charge in [-0.15, -0.1) is 0 Å². The van der Waals surface area contributed by atoms with Gasteiger partial charge in [0.2, 0.25) is 0 Å². The fourth-order valence-electron chi connectivity index (χ4n) is 3.53. The number of nitrogens with zero attached hydrogens (tertiary/aromatic N) is 2. The fraction of sp³-hybridized carbons (Fsp3) is 0.350. The zero-order valence-corrected chi connectivity index (χ0v) is 14.6. The predicted octanol–water partition coefficient (Wildman–Crippen LogP) is 2.84. The molecule has 0 radical (unpaired) electrons. The molecule has 130 valence electrons. The third kappa shape index (κ3) is 3.40. The van der Waals surface area contributed by atoms with E-state index in [0.29, 0.717) is 13.1 Å². The number of likely N-dealkylation sites (tertiary alicyclic amines) is 1. The minimum Gasteiger partial charge on any atom is -0.364 e. The van der Waals surface area contributed by atoms with Crippen molar-refractivity contribution in [3.63, 3.8) is 0 Å². The van der Waals surface area contributed by atoms with Gasteiger partial charge in [-0.3, -0.25) is 14.6 Å². The highest BCUT2D eigenvalue weighted by atomic mass is 16.2. The van der Waals surface area contributed by atoms with Gasteiger partial charge >= 0.3 is 0 Å². The smallest absolute Gasteiger partial charge is 0.268 e. The lowest BCUT2D eigenvalue weighted by molar-refractivity contribution is 0.0564. The molecular weight excluding hydrogens is 314 g/mol. The molecule has 0 unspecified atom stereocenters. The lowest BCUT2D eigenvalue weighted by atomic mass is 9.70. The molecule has 5 nitrogen and oxygen atoms in total. The number of piperidine rings is 1. The van der Waals surface area contributed by atoms with Crippen LogP contribution in [0, 0.1) is 5.41 Å². The van der Waals surface area contributed by atoms with Crippen molar-refractivity contribution in [2.45, 2.75) is 26.2 Å². The molecule has 25 heavy (non-hydrogen) atoms. The molecule has 1 aliphatic heterocycles. The summed E-state index contributed by atoms with van der Waals surface area (Å²) < 4.78 is 0. The van der Waals surface area contributed by atoms with Crippen molar-refractivity contribution in [1.29, 1.82) is 0 Å². The Kier molecular flexibility index (Phi) is 4.57. The van der Waals surface area contributed by atoms with E-state index >= 15 is 0 Å². The number of hydrogen-bond donors (Lipinski definition) is 1. The van der Waals surface area contributed by atoms with Crippen molar-refractivity contribution in [2.75, 3.05) is 13.1 Å². The van der Waals surface area contributed by atoms with Crippen LogP contribution < -0.4 is 5.73 Å². The second kappa shape index (κ2) is 6.67. The summed E-state index contributed by atoms with van der Waals surface area (Å²) in [6.07, 6.45) is 2.37. The van der Waals surface area contributed by atoms with Crippen LogP contribution in [0.4, 0.5) is 0 Å². The molecule has 2 aromatic rings. The fourth-order valence-corrected chi connectivity index (χ4v) is 3.53. The quantitative estimate of drug-likeness (QED) is 0.935. The number of primary amides is 1. The Morgan fingerprint density at radius 1 is 1.16 bits per heavy atom. The van der Waals surface area contributed by atoms with E-state index in [2.05, 4.69) is 31.0 Å². The highest BCUT2D eigenvalue weighted by molar-refractivity contribution is 6.05. The number of rotatable bonds is 3. The molecule has 1 aromatic carbocycles. The molecule has 2 heterocycles. The summed E-state index contributed by atoms with van der Waals surface area (Å²) in [6.45, 7) is 5.75. The van der Waals surface area contributed by atoms with E-state index < -0.39 is 5.91 Å². The average molecular weight is 337 g/mol. The highest BCUT2D eigenvalue weighted by Gasteiger charge is 2.38. The summed E-state index contributed by atoms with van der Waals surface area (Å²) in [4.78, 5) is 30.4. The summed E-state index contributed by atoms with van der Waals surface area (Å²) in [5.74, 6) is -0.626. The monoisotopic (exact) mass is 337 g/mol. The zero-order chi connectivity index (χ0) is 18.0. The van der Waals surface area contributed by atoms with E-state index in [9.17, 15) is 9.59 Å². The molecule has 0 aliphatic carbocycles. The number of carbonyl (C=O) groups is 2. The first-order valence-electron chi connectivity index (χ1n) is 8.49. The summed E-state index contributed by atoms with van der Waals surface area (Å²) in [7, 11) is 0. The van der Waals surface area contributed by atoms with Gasteiger partial charge in [-0.2, -0.15) is 0 Å². The van der Waals surface area contributed by atoms with Gasteiger partial charge in [0.25, 0.3) is 11.8 Å². The van der Waals surface area contributed by atoms with Crippen LogP contribution in [0.3, 0.4) is 0 Å². The molecule has 1 aromatic heterocycles. The summed E-state index contributed by atoms with van der Waals surface area (Å²) in [5.41, 5.74) is 7.01. The second-order valence-corrected chi connectivity index (χ2v) is 7.22. The molecular formula is C20H23N3O2. The molecule has 0 spiro atoms. The molecule has 0 saturated carbocycles. The average Bonchev–Trinajstić information content (AvgIpc) is 2.61. The summed E-state index contributed by atoms with van der Waals surface area (Å²) >= 11 is 0. The maximum atomic E-state index is 13.0. The lowest BCUT2D eigenvalue weighted by Gasteiger charge is -2.44. The molecule has 3 rings (SSSR count). The SMILES string of the molecule is CC1(C)CCN(C(=O)c2cccnc2C(N)=O)C[C@@H]1c1ccccc1. The van der Waals surface area contributed by atoms with Gasteiger partial charge in [-0.05, 0) is 29.5 Å². The normalized spacial score (nSPS) is 19.4. The van der Waals surface area contributed by atoms with Gasteiger partial charge in [0.05, 0.1) is 5.56 Å². The number of benzene rings is 1. The highest BCUT2D eigenvalue weighted by Crippen LogP contribution is 2.42. The molecule has 2 N–H and O–H groups in total. The minimum atomic E-state index is -0.680. The Hall–Kier alpha value is -2.69. The standard InChI is InChI=1S/C20H23N3O2/c1-20(2)10-12-23(13-16(20)14-7-4-3-5-8-14)19(25)15-9-6-11-22-17(15)18(21)24/h3-9,11,16H,10,12-13H2,1-2H3,(H2,21,24)/t16-/m1/s1. The Labute approximate surface area is 147 Å². The Bertz CT molecular complexity index is 787. The Balaban J connectivity index is 1.89. The number of hydrogen-bond acceptors (Lipinski definition) is 3. The third-order valence-electron chi connectivity index (χ3n) is 5.13. The van der Waals surface area contributed by atoms with Crippen molar-refractivity contribution >= 4 is 11.8 Å². The Morgan fingerprint density at radius 3 is 2.56 bits per heavy atom. The maximum Gasteiger partial charge on any atom is 0.268 e. The zero-order valence-electron chi connectivity index (χ0n) is 14.6. The lowest BCUT2D eigenvalue weighted by Crippen LogP contribution is -2.46. The van der Waals surface area contributed by atoms with Gasteiger partial charge in [0.1, 0.15) is 5.69 Å². The first-order chi connectivity index (χ1) is 11.9. The van der Waals surface area contributed by atoms with Crippen LogP contribution in [-0.4, -0.2) is 34.8 Å². The molecule has 1 atom stereocenters. The van der Waals surface area contributed by atoms with Crippen LogP contribution in [0.1, 0.15) is 52.6 Å². The summed E-state index contributed by atoms with van der Waals surface area (Å²) in [5, 5.41) is 0. The van der Waals surface area contributed by atoms with E-state index in [4.69, 9.17) is 5.73 Å².